The molecule has 0 aliphatic heterocycles. The zero-order valence-corrected chi connectivity index (χ0v) is 12.5. The normalized spacial score (nSPS) is 12.0. The van der Waals surface area contributed by atoms with Crippen molar-refractivity contribution >= 4 is 5.97 Å². The average Bonchev–Trinajstić information content (AvgIpc) is 2.49. The average molecular weight is 285 g/mol. The number of nitrogens with zero attached hydrogens (tertiary/aromatic N) is 1. The Bertz CT molecular complexity index is 635. The number of benzene rings is 1. The molecule has 1 unspecified atom stereocenters. The summed E-state index contributed by atoms with van der Waals surface area (Å²) >= 11 is 0. The summed E-state index contributed by atoms with van der Waals surface area (Å²) in [7, 11) is 0. The molecule has 0 aliphatic carbocycles. The van der Waals surface area contributed by atoms with Crippen LogP contribution in [-0.2, 0) is 0 Å². The molecule has 0 saturated carbocycles. The molecule has 1 aromatic carbocycles. The van der Waals surface area contributed by atoms with E-state index < -0.39 is 5.97 Å². The monoisotopic (exact) mass is 285 g/mol. The van der Waals surface area contributed by atoms with Crippen molar-refractivity contribution in [2.45, 2.75) is 33.1 Å². The Balaban J connectivity index is 2.16. The summed E-state index contributed by atoms with van der Waals surface area (Å²) < 4.78 is 5.71. The van der Waals surface area contributed by atoms with Gasteiger partial charge in [0.15, 0.2) is 0 Å². The fraction of sp³-hybridized carbons (Fsp3) is 0.294. The number of ether oxygens (including phenoxy) is 1. The van der Waals surface area contributed by atoms with Gasteiger partial charge in [0.2, 0.25) is 5.88 Å². The molecule has 2 rings (SSSR count). The molecule has 0 spiro atoms. The van der Waals surface area contributed by atoms with E-state index in [1.807, 2.05) is 24.3 Å². The van der Waals surface area contributed by atoms with Crippen molar-refractivity contribution in [3.63, 3.8) is 0 Å². The molecule has 0 saturated heterocycles. The molecule has 2 aromatic rings. The first kappa shape index (κ1) is 15.0. The Morgan fingerprint density at radius 2 is 2.00 bits per heavy atom. The summed E-state index contributed by atoms with van der Waals surface area (Å²) in [5.74, 6) is 0.654. The van der Waals surface area contributed by atoms with Crippen molar-refractivity contribution in [1.29, 1.82) is 0 Å². The van der Waals surface area contributed by atoms with Crippen LogP contribution in [-0.4, -0.2) is 16.1 Å². The number of aromatic nitrogens is 1. The maximum Gasteiger partial charge on any atom is 0.337 e. The van der Waals surface area contributed by atoms with Crippen LogP contribution < -0.4 is 4.74 Å². The lowest BCUT2D eigenvalue weighted by Crippen LogP contribution is -2.00. The quantitative estimate of drug-likeness (QED) is 0.884. The standard InChI is InChI=1S/C17H19NO3/c1-4-11(2)13-5-7-15(8-6-13)21-16-12(3)9-14(10-18-16)17(19)20/h5-11H,4H2,1-3H3,(H,19,20). The molecule has 0 fully saturated rings. The molecule has 110 valence electrons. The van der Waals surface area contributed by atoms with Gasteiger partial charge in [-0.3, -0.25) is 0 Å². The van der Waals surface area contributed by atoms with Gasteiger partial charge >= 0.3 is 5.97 Å². The summed E-state index contributed by atoms with van der Waals surface area (Å²) in [4.78, 5) is 14.9. The molecule has 0 aliphatic rings. The molecule has 0 bridgehead atoms. The number of rotatable bonds is 5. The predicted octanol–water partition coefficient (Wildman–Crippen LogP) is 4.39. The van der Waals surface area contributed by atoms with Gasteiger partial charge in [-0.05, 0) is 43.0 Å². The number of carbonyl (C=O) groups is 1. The van der Waals surface area contributed by atoms with Gasteiger partial charge in [-0.15, -0.1) is 0 Å². The van der Waals surface area contributed by atoms with Crippen LogP contribution in [0.15, 0.2) is 36.5 Å². The summed E-state index contributed by atoms with van der Waals surface area (Å²) in [6.45, 7) is 6.13. The van der Waals surface area contributed by atoms with Crippen LogP contribution in [0.5, 0.6) is 11.6 Å². The van der Waals surface area contributed by atoms with E-state index in [4.69, 9.17) is 9.84 Å². The largest absolute Gasteiger partial charge is 0.478 e. The van der Waals surface area contributed by atoms with Gasteiger partial charge in [0.05, 0.1) is 5.56 Å². The Morgan fingerprint density at radius 3 is 2.52 bits per heavy atom. The van der Waals surface area contributed by atoms with E-state index in [2.05, 4.69) is 18.8 Å². The van der Waals surface area contributed by atoms with E-state index in [1.165, 1.54) is 11.8 Å². The summed E-state index contributed by atoms with van der Waals surface area (Å²) in [6, 6.07) is 9.47. The third kappa shape index (κ3) is 3.60. The Labute approximate surface area is 124 Å². The molecule has 0 amide bonds. The molecule has 1 N–H and O–H groups in total. The number of hydrogen-bond acceptors (Lipinski definition) is 3. The molecule has 1 atom stereocenters. The lowest BCUT2D eigenvalue weighted by molar-refractivity contribution is 0.0696. The van der Waals surface area contributed by atoms with Gasteiger partial charge in [-0.1, -0.05) is 26.0 Å². The zero-order valence-electron chi connectivity index (χ0n) is 12.5. The van der Waals surface area contributed by atoms with Gasteiger partial charge in [-0.25, -0.2) is 9.78 Å². The molecule has 4 heteroatoms. The van der Waals surface area contributed by atoms with E-state index in [9.17, 15) is 4.79 Å². The summed E-state index contributed by atoms with van der Waals surface area (Å²) in [5.41, 5.74) is 2.13. The summed E-state index contributed by atoms with van der Waals surface area (Å²) in [6.07, 6.45) is 2.40. The Morgan fingerprint density at radius 1 is 1.33 bits per heavy atom. The topological polar surface area (TPSA) is 59.4 Å². The van der Waals surface area contributed by atoms with Crippen molar-refractivity contribution < 1.29 is 14.6 Å². The Hall–Kier alpha value is -2.36. The highest BCUT2D eigenvalue weighted by Gasteiger charge is 2.09. The fourth-order valence-corrected chi connectivity index (χ4v) is 2.00. The van der Waals surface area contributed by atoms with Crippen LogP contribution in [0.25, 0.3) is 0 Å². The highest BCUT2D eigenvalue weighted by Crippen LogP contribution is 2.26. The van der Waals surface area contributed by atoms with Gasteiger partial charge in [0.25, 0.3) is 0 Å². The van der Waals surface area contributed by atoms with Crippen molar-refractivity contribution in [3.8, 4) is 11.6 Å². The Kier molecular flexibility index (Phi) is 4.58. The third-order valence-corrected chi connectivity index (χ3v) is 3.55. The third-order valence-electron chi connectivity index (χ3n) is 3.55. The first-order valence-corrected chi connectivity index (χ1v) is 6.99. The molecule has 1 heterocycles. The zero-order chi connectivity index (χ0) is 15.4. The molecule has 1 aromatic heterocycles. The molecular formula is C17H19NO3. The van der Waals surface area contributed by atoms with Crippen molar-refractivity contribution in [2.75, 3.05) is 0 Å². The predicted molar refractivity (Wildman–Crippen MR) is 81.2 cm³/mol. The molecule has 21 heavy (non-hydrogen) atoms. The van der Waals surface area contributed by atoms with Crippen LogP contribution in [0.3, 0.4) is 0 Å². The minimum absolute atomic E-state index is 0.159. The molecular weight excluding hydrogens is 266 g/mol. The van der Waals surface area contributed by atoms with Crippen LogP contribution in [0, 0.1) is 6.92 Å². The van der Waals surface area contributed by atoms with Crippen LogP contribution in [0.2, 0.25) is 0 Å². The van der Waals surface area contributed by atoms with E-state index >= 15 is 0 Å². The highest BCUT2D eigenvalue weighted by molar-refractivity contribution is 5.87. The fourth-order valence-electron chi connectivity index (χ4n) is 2.00. The van der Waals surface area contributed by atoms with Crippen molar-refractivity contribution in [3.05, 3.63) is 53.2 Å². The van der Waals surface area contributed by atoms with Crippen molar-refractivity contribution in [2.24, 2.45) is 0 Å². The number of aryl methyl sites for hydroxylation is 1. The molecule has 4 nitrogen and oxygen atoms in total. The van der Waals surface area contributed by atoms with Crippen LogP contribution in [0.1, 0.15) is 47.7 Å². The number of carboxylic acids is 1. The first-order chi connectivity index (χ1) is 10.0. The number of aromatic carboxylic acids is 1. The van der Waals surface area contributed by atoms with E-state index in [0.717, 1.165) is 6.42 Å². The lowest BCUT2D eigenvalue weighted by atomic mass is 9.99. The highest BCUT2D eigenvalue weighted by atomic mass is 16.5. The molecule has 0 radical (unpaired) electrons. The first-order valence-electron chi connectivity index (χ1n) is 6.99. The number of carboxylic acid groups (broad SMARTS) is 1. The summed E-state index contributed by atoms with van der Waals surface area (Å²) in [5, 5.41) is 8.91. The second-order valence-corrected chi connectivity index (χ2v) is 5.13. The van der Waals surface area contributed by atoms with Gasteiger partial charge in [0.1, 0.15) is 5.75 Å². The van der Waals surface area contributed by atoms with Gasteiger partial charge in [0, 0.05) is 11.8 Å². The number of pyridine rings is 1. The van der Waals surface area contributed by atoms with Crippen LogP contribution in [0.4, 0.5) is 0 Å². The lowest BCUT2D eigenvalue weighted by Gasteiger charge is -2.11. The van der Waals surface area contributed by atoms with E-state index in [1.54, 1.807) is 13.0 Å². The second-order valence-electron chi connectivity index (χ2n) is 5.13. The van der Waals surface area contributed by atoms with E-state index in [0.29, 0.717) is 23.1 Å². The second kappa shape index (κ2) is 6.39. The van der Waals surface area contributed by atoms with Crippen molar-refractivity contribution in [1.82, 2.24) is 4.98 Å². The van der Waals surface area contributed by atoms with Crippen LogP contribution >= 0.6 is 0 Å². The smallest absolute Gasteiger partial charge is 0.337 e. The number of hydrogen-bond donors (Lipinski definition) is 1. The maximum absolute atomic E-state index is 10.9. The SMILES string of the molecule is CCC(C)c1ccc(Oc2ncc(C(=O)O)cc2C)cc1. The van der Waals surface area contributed by atoms with E-state index in [-0.39, 0.29) is 5.56 Å². The van der Waals surface area contributed by atoms with Gasteiger partial charge in [-0.2, -0.15) is 0 Å². The maximum atomic E-state index is 10.9. The minimum atomic E-state index is -0.991. The minimum Gasteiger partial charge on any atom is -0.478 e. The van der Waals surface area contributed by atoms with Gasteiger partial charge < -0.3 is 9.84 Å².